The molecule has 0 saturated heterocycles. The lowest BCUT2D eigenvalue weighted by atomic mass is 10.3. The van der Waals surface area contributed by atoms with E-state index in [0.717, 1.165) is 23.0 Å². The van der Waals surface area contributed by atoms with E-state index in [4.69, 9.17) is 5.73 Å². The van der Waals surface area contributed by atoms with Crippen LogP contribution >= 0.6 is 0 Å². The maximum atomic E-state index is 5.53. The van der Waals surface area contributed by atoms with Gasteiger partial charge in [-0.25, -0.2) is 9.67 Å². The van der Waals surface area contributed by atoms with Crippen LogP contribution in [0, 0.1) is 13.8 Å². The van der Waals surface area contributed by atoms with Crippen LogP contribution in [-0.4, -0.2) is 19.7 Å². The molecule has 2 rings (SSSR count). The third-order valence-electron chi connectivity index (χ3n) is 2.13. The smallest absolute Gasteiger partial charge is 0.148 e. The number of aryl methyl sites for hydroxylation is 2. The van der Waals surface area contributed by atoms with Gasteiger partial charge in [0.15, 0.2) is 0 Å². The van der Waals surface area contributed by atoms with Crippen molar-refractivity contribution < 1.29 is 0 Å². The average molecular weight is 203 g/mol. The summed E-state index contributed by atoms with van der Waals surface area (Å²) in [5.41, 5.74) is 7.33. The van der Waals surface area contributed by atoms with Crippen LogP contribution in [0.15, 0.2) is 18.3 Å². The van der Waals surface area contributed by atoms with E-state index in [0.29, 0.717) is 6.54 Å². The Morgan fingerprint density at radius 3 is 2.80 bits per heavy atom. The molecule has 0 saturated carbocycles. The molecule has 0 atom stereocenters. The molecular formula is C10H13N5. The van der Waals surface area contributed by atoms with Crippen LogP contribution in [0.3, 0.4) is 0 Å². The van der Waals surface area contributed by atoms with E-state index in [2.05, 4.69) is 15.1 Å². The van der Waals surface area contributed by atoms with Crippen molar-refractivity contribution in [2.24, 2.45) is 5.73 Å². The number of pyridine rings is 1. The molecule has 0 radical (unpaired) electrons. The second-order valence-corrected chi connectivity index (χ2v) is 3.33. The summed E-state index contributed by atoms with van der Waals surface area (Å²) in [5, 5.41) is 4.29. The maximum Gasteiger partial charge on any atom is 0.148 e. The van der Waals surface area contributed by atoms with Crippen LogP contribution in [0.5, 0.6) is 0 Å². The van der Waals surface area contributed by atoms with Crippen LogP contribution in [0.25, 0.3) is 5.69 Å². The first-order valence-electron chi connectivity index (χ1n) is 4.76. The van der Waals surface area contributed by atoms with Crippen molar-refractivity contribution in [3.8, 4) is 5.69 Å². The number of nitrogens with zero attached hydrogens (tertiary/aromatic N) is 4. The van der Waals surface area contributed by atoms with Gasteiger partial charge in [-0.3, -0.25) is 4.98 Å². The van der Waals surface area contributed by atoms with E-state index in [1.54, 1.807) is 10.9 Å². The Hall–Kier alpha value is -1.75. The topological polar surface area (TPSA) is 69.6 Å². The number of rotatable bonds is 2. The monoisotopic (exact) mass is 203 g/mol. The Bertz CT molecular complexity index is 474. The quantitative estimate of drug-likeness (QED) is 0.781. The molecule has 0 aliphatic heterocycles. The number of nitrogens with two attached hydrogens (primary N) is 1. The van der Waals surface area contributed by atoms with E-state index < -0.39 is 0 Å². The molecule has 0 unspecified atom stereocenters. The molecule has 0 aliphatic rings. The van der Waals surface area contributed by atoms with Crippen molar-refractivity contribution in [3.05, 3.63) is 35.7 Å². The molecule has 5 heteroatoms. The molecular weight excluding hydrogens is 190 g/mol. The first kappa shape index (κ1) is 9.79. The minimum atomic E-state index is 0.431. The lowest BCUT2D eigenvalue weighted by Crippen LogP contribution is -2.04. The fourth-order valence-electron chi connectivity index (χ4n) is 1.47. The molecule has 15 heavy (non-hydrogen) atoms. The zero-order valence-electron chi connectivity index (χ0n) is 8.81. The van der Waals surface area contributed by atoms with Crippen molar-refractivity contribution in [2.45, 2.75) is 20.4 Å². The van der Waals surface area contributed by atoms with Crippen molar-refractivity contribution in [3.63, 3.8) is 0 Å². The molecule has 2 heterocycles. The van der Waals surface area contributed by atoms with Gasteiger partial charge in [-0.15, -0.1) is 0 Å². The van der Waals surface area contributed by atoms with Crippen LogP contribution < -0.4 is 5.73 Å². The molecule has 0 aromatic carbocycles. The molecule has 2 N–H and O–H groups in total. The Labute approximate surface area is 88.0 Å². The van der Waals surface area contributed by atoms with Gasteiger partial charge in [-0.05, 0) is 26.0 Å². The van der Waals surface area contributed by atoms with Gasteiger partial charge in [-0.1, -0.05) is 0 Å². The van der Waals surface area contributed by atoms with Crippen molar-refractivity contribution >= 4 is 0 Å². The summed E-state index contributed by atoms with van der Waals surface area (Å²) in [6.07, 6.45) is 1.73. The Balaban J connectivity index is 2.49. The largest absolute Gasteiger partial charge is 0.325 e. The lowest BCUT2D eigenvalue weighted by molar-refractivity contribution is 0.823. The van der Waals surface area contributed by atoms with E-state index in [-0.39, 0.29) is 0 Å². The van der Waals surface area contributed by atoms with E-state index in [1.165, 1.54) is 0 Å². The normalized spacial score (nSPS) is 10.6. The molecule has 0 spiro atoms. The van der Waals surface area contributed by atoms with Gasteiger partial charge in [0.2, 0.25) is 0 Å². The second-order valence-electron chi connectivity index (χ2n) is 3.33. The zero-order chi connectivity index (χ0) is 10.8. The summed E-state index contributed by atoms with van der Waals surface area (Å²) in [5.74, 6) is 1.63. The van der Waals surface area contributed by atoms with Crippen LogP contribution in [0.2, 0.25) is 0 Å². The van der Waals surface area contributed by atoms with Crippen LogP contribution in [0.1, 0.15) is 17.3 Å². The standard InChI is InChI=1S/C10H13N5/c1-7-13-8(2)15(14-7)10-3-4-12-9(5-10)6-11/h3-5H,6,11H2,1-2H3. The molecule has 0 amide bonds. The minimum absolute atomic E-state index is 0.431. The first-order chi connectivity index (χ1) is 7.20. The fourth-order valence-corrected chi connectivity index (χ4v) is 1.47. The summed E-state index contributed by atoms with van der Waals surface area (Å²) in [7, 11) is 0. The number of hydrogen-bond donors (Lipinski definition) is 1. The maximum absolute atomic E-state index is 5.53. The second kappa shape index (κ2) is 3.78. The van der Waals surface area contributed by atoms with Gasteiger partial charge in [0.05, 0.1) is 11.4 Å². The highest BCUT2D eigenvalue weighted by atomic mass is 15.3. The van der Waals surface area contributed by atoms with Gasteiger partial charge >= 0.3 is 0 Å². The van der Waals surface area contributed by atoms with Gasteiger partial charge in [0.1, 0.15) is 11.6 Å². The lowest BCUT2D eigenvalue weighted by Gasteiger charge is -2.03. The Morgan fingerprint density at radius 1 is 1.40 bits per heavy atom. The minimum Gasteiger partial charge on any atom is -0.325 e. The van der Waals surface area contributed by atoms with E-state index in [1.807, 2.05) is 26.0 Å². The molecule has 2 aromatic rings. The Kier molecular flexibility index (Phi) is 2.47. The summed E-state index contributed by atoms with van der Waals surface area (Å²) < 4.78 is 1.79. The van der Waals surface area contributed by atoms with Crippen molar-refractivity contribution in [1.29, 1.82) is 0 Å². The predicted octanol–water partition coefficient (Wildman–Crippen LogP) is 0.738. The predicted molar refractivity (Wildman–Crippen MR) is 56.5 cm³/mol. The van der Waals surface area contributed by atoms with Crippen LogP contribution in [-0.2, 0) is 6.54 Å². The molecule has 5 nitrogen and oxygen atoms in total. The van der Waals surface area contributed by atoms with Gasteiger partial charge in [0, 0.05) is 12.7 Å². The SMILES string of the molecule is Cc1nc(C)n(-c2ccnc(CN)c2)n1. The number of hydrogen-bond acceptors (Lipinski definition) is 4. The zero-order valence-corrected chi connectivity index (χ0v) is 8.81. The molecule has 78 valence electrons. The van der Waals surface area contributed by atoms with Gasteiger partial charge in [0.25, 0.3) is 0 Å². The van der Waals surface area contributed by atoms with Crippen molar-refractivity contribution in [1.82, 2.24) is 19.7 Å². The summed E-state index contributed by atoms with van der Waals surface area (Å²) in [6, 6.07) is 3.81. The molecule has 0 aliphatic carbocycles. The first-order valence-corrected chi connectivity index (χ1v) is 4.76. The molecule has 2 aromatic heterocycles. The fraction of sp³-hybridized carbons (Fsp3) is 0.300. The van der Waals surface area contributed by atoms with Crippen LogP contribution in [0.4, 0.5) is 0 Å². The average Bonchev–Trinajstić information content (AvgIpc) is 2.58. The summed E-state index contributed by atoms with van der Waals surface area (Å²) >= 11 is 0. The summed E-state index contributed by atoms with van der Waals surface area (Å²) in [6.45, 7) is 4.22. The van der Waals surface area contributed by atoms with Gasteiger partial charge < -0.3 is 5.73 Å². The summed E-state index contributed by atoms with van der Waals surface area (Å²) in [4.78, 5) is 8.38. The third-order valence-corrected chi connectivity index (χ3v) is 2.13. The third kappa shape index (κ3) is 1.87. The Morgan fingerprint density at radius 2 is 2.20 bits per heavy atom. The number of aromatic nitrogens is 4. The molecule has 0 bridgehead atoms. The van der Waals surface area contributed by atoms with E-state index >= 15 is 0 Å². The van der Waals surface area contributed by atoms with E-state index in [9.17, 15) is 0 Å². The highest BCUT2D eigenvalue weighted by molar-refractivity contribution is 5.31. The van der Waals surface area contributed by atoms with Gasteiger partial charge in [-0.2, -0.15) is 5.10 Å². The highest BCUT2D eigenvalue weighted by Crippen LogP contribution is 2.09. The highest BCUT2D eigenvalue weighted by Gasteiger charge is 2.05. The van der Waals surface area contributed by atoms with Crippen molar-refractivity contribution in [2.75, 3.05) is 0 Å². The molecule has 0 fully saturated rings.